The Morgan fingerprint density at radius 3 is 2.32 bits per heavy atom. The molecule has 7 nitrogen and oxygen atoms in total. The summed E-state index contributed by atoms with van der Waals surface area (Å²) in [6, 6.07) is 5.50. The molecular weight excluding hydrogens is 242 g/mol. The van der Waals surface area contributed by atoms with E-state index in [2.05, 4.69) is 16.5 Å². The van der Waals surface area contributed by atoms with Gasteiger partial charge in [-0.3, -0.25) is 0 Å². The second kappa shape index (κ2) is 4.48. The topological polar surface area (TPSA) is 128 Å². The summed E-state index contributed by atoms with van der Waals surface area (Å²) in [6.45, 7) is 3.92. The number of anilines is 1. The maximum absolute atomic E-state index is 9.10. The molecular formula is C12H7N7. The number of aromatic nitrogens is 3. The van der Waals surface area contributed by atoms with Crippen molar-refractivity contribution in [3.05, 3.63) is 29.6 Å². The predicted octanol–water partition coefficient (Wildman–Crippen LogP) is 0.815. The van der Waals surface area contributed by atoms with E-state index in [1.165, 1.54) is 4.57 Å². The van der Waals surface area contributed by atoms with E-state index in [4.69, 9.17) is 21.5 Å². The van der Waals surface area contributed by atoms with Crippen molar-refractivity contribution in [1.29, 1.82) is 15.8 Å². The van der Waals surface area contributed by atoms with Crippen molar-refractivity contribution >= 4 is 17.0 Å². The van der Waals surface area contributed by atoms with Crippen LogP contribution in [0.25, 0.3) is 11.2 Å². The predicted molar refractivity (Wildman–Crippen MR) is 66.3 cm³/mol. The third-order valence-corrected chi connectivity index (χ3v) is 2.55. The van der Waals surface area contributed by atoms with Crippen LogP contribution in [0.3, 0.4) is 0 Å². The molecule has 0 amide bonds. The summed E-state index contributed by atoms with van der Waals surface area (Å²) in [5, 5.41) is 26.9. The van der Waals surface area contributed by atoms with Crippen molar-refractivity contribution in [3.8, 4) is 18.2 Å². The molecule has 0 unspecified atom stereocenters. The highest BCUT2D eigenvalue weighted by atomic mass is 15.1. The van der Waals surface area contributed by atoms with Crippen LogP contribution in [0.1, 0.15) is 17.0 Å². The van der Waals surface area contributed by atoms with Crippen LogP contribution in [0.2, 0.25) is 0 Å². The summed E-state index contributed by atoms with van der Waals surface area (Å²) in [7, 11) is 0. The molecule has 2 N–H and O–H groups in total. The first-order chi connectivity index (χ1) is 9.17. The number of hydrogen-bond donors (Lipinski definition) is 1. The number of nitrogen functional groups attached to an aromatic ring is 1. The Kier molecular flexibility index (Phi) is 2.85. The molecule has 0 aliphatic carbocycles. The molecule has 19 heavy (non-hydrogen) atoms. The molecule has 7 heteroatoms. The largest absolute Gasteiger partial charge is 0.384 e. The van der Waals surface area contributed by atoms with Gasteiger partial charge in [-0.2, -0.15) is 15.8 Å². The van der Waals surface area contributed by atoms with E-state index in [1.807, 2.05) is 6.07 Å². The third kappa shape index (κ3) is 1.65. The molecule has 0 spiro atoms. The van der Waals surface area contributed by atoms with Gasteiger partial charge in [0.05, 0.1) is 0 Å². The van der Waals surface area contributed by atoms with Crippen LogP contribution in [0.4, 0.5) is 5.82 Å². The zero-order valence-corrected chi connectivity index (χ0v) is 9.75. The molecule has 2 heterocycles. The van der Waals surface area contributed by atoms with Crippen molar-refractivity contribution in [2.75, 3.05) is 5.73 Å². The van der Waals surface area contributed by atoms with Gasteiger partial charge < -0.3 is 10.3 Å². The molecule has 0 saturated carbocycles. The van der Waals surface area contributed by atoms with Gasteiger partial charge in [0, 0.05) is 6.54 Å². The third-order valence-electron chi connectivity index (χ3n) is 2.55. The molecule has 0 atom stereocenters. The van der Waals surface area contributed by atoms with Crippen molar-refractivity contribution in [2.24, 2.45) is 0 Å². The number of hydrogen-bond acceptors (Lipinski definition) is 6. The van der Waals surface area contributed by atoms with Gasteiger partial charge in [0.2, 0.25) is 0 Å². The minimum absolute atomic E-state index is 0.0951. The van der Waals surface area contributed by atoms with Crippen LogP contribution in [0.5, 0.6) is 0 Å². The van der Waals surface area contributed by atoms with Gasteiger partial charge in [-0.05, 0) is 0 Å². The lowest BCUT2D eigenvalue weighted by Gasteiger charge is -2.02. The van der Waals surface area contributed by atoms with Crippen LogP contribution in [0.15, 0.2) is 12.7 Å². The quantitative estimate of drug-likeness (QED) is 0.784. The standard InChI is InChI=1S/C12H7N7/c1-2-3-19-11(16)7(4-13)10-12(19)18-9(6-15)8(5-14)17-10/h2H,1,3,16H2. The lowest BCUT2D eigenvalue weighted by molar-refractivity contribution is 0.860. The fourth-order valence-electron chi connectivity index (χ4n) is 1.73. The molecule has 0 aliphatic heterocycles. The van der Waals surface area contributed by atoms with Crippen LogP contribution in [-0.4, -0.2) is 14.5 Å². The van der Waals surface area contributed by atoms with E-state index in [9.17, 15) is 0 Å². The Morgan fingerprint density at radius 2 is 1.79 bits per heavy atom. The van der Waals surface area contributed by atoms with Crippen LogP contribution in [0, 0.1) is 34.0 Å². The summed E-state index contributed by atoms with van der Waals surface area (Å²) in [6.07, 6.45) is 1.59. The minimum Gasteiger partial charge on any atom is -0.384 e. The monoisotopic (exact) mass is 249 g/mol. The van der Waals surface area contributed by atoms with Gasteiger partial charge in [-0.1, -0.05) is 6.08 Å². The molecule has 2 aromatic heterocycles. The highest BCUT2D eigenvalue weighted by molar-refractivity contribution is 5.87. The first-order valence-corrected chi connectivity index (χ1v) is 5.18. The van der Waals surface area contributed by atoms with Crippen LogP contribution >= 0.6 is 0 Å². The SMILES string of the molecule is C=CCn1c(N)c(C#N)c2nc(C#N)c(C#N)nc21. The zero-order valence-electron chi connectivity index (χ0n) is 9.75. The van der Waals surface area contributed by atoms with Crippen molar-refractivity contribution < 1.29 is 0 Å². The van der Waals surface area contributed by atoms with Crippen LogP contribution in [-0.2, 0) is 6.54 Å². The molecule has 2 aromatic rings. The molecule has 90 valence electrons. The molecule has 0 aromatic carbocycles. The maximum Gasteiger partial charge on any atom is 0.179 e. The van der Waals surface area contributed by atoms with Gasteiger partial charge >= 0.3 is 0 Å². The number of allylic oxidation sites excluding steroid dienone is 1. The lowest BCUT2D eigenvalue weighted by atomic mass is 10.3. The zero-order chi connectivity index (χ0) is 14.0. The van der Waals surface area contributed by atoms with E-state index in [0.717, 1.165) is 0 Å². The Hall–Kier alpha value is -3.37. The van der Waals surface area contributed by atoms with E-state index in [1.54, 1.807) is 18.2 Å². The van der Waals surface area contributed by atoms with Gasteiger partial charge in [-0.25, -0.2) is 9.97 Å². The molecule has 2 rings (SSSR count). The van der Waals surface area contributed by atoms with E-state index in [0.29, 0.717) is 12.2 Å². The van der Waals surface area contributed by atoms with Gasteiger partial charge in [0.1, 0.15) is 35.1 Å². The Morgan fingerprint density at radius 1 is 1.16 bits per heavy atom. The second-order valence-corrected chi connectivity index (χ2v) is 3.59. The summed E-state index contributed by atoms with van der Waals surface area (Å²) in [4.78, 5) is 8.05. The van der Waals surface area contributed by atoms with E-state index >= 15 is 0 Å². The van der Waals surface area contributed by atoms with Gasteiger partial charge in [-0.15, -0.1) is 6.58 Å². The highest BCUT2D eigenvalue weighted by Crippen LogP contribution is 2.25. The number of rotatable bonds is 2. The fourth-order valence-corrected chi connectivity index (χ4v) is 1.73. The Bertz CT molecular complexity index is 808. The van der Waals surface area contributed by atoms with E-state index in [-0.39, 0.29) is 28.3 Å². The molecule has 0 saturated heterocycles. The number of nitrogens with zero attached hydrogens (tertiary/aromatic N) is 6. The summed E-state index contributed by atoms with van der Waals surface area (Å²) in [5.74, 6) is 0.191. The normalized spacial score (nSPS) is 9.53. The summed E-state index contributed by atoms with van der Waals surface area (Å²) in [5.41, 5.74) is 6.28. The first-order valence-electron chi connectivity index (χ1n) is 5.18. The average molecular weight is 249 g/mol. The van der Waals surface area contributed by atoms with Crippen molar-refractivity contribution in [2.45, 2.75) is 6.54 Å². The molecule has 0 fully saturated rings. The lowest BCUT2D eigenvalue weighted by Crippen LogP contribution is -2.03. The Balaban J connectivity index is 2.97. The van der Waals surface area contributed by atoms with Gasteiger partial charge in [0.25, 0.3) is 0 Å². The smallest absolute Gasteiger partial charge is 0.179 e. The highest BCUT2D eigenvalue weighted by Gasteiger charge is 2.19. The number of nitriles is 3. The van der Waals surface area contributed by atoms with Crippen molar-refractivity contribution in [1.82, 2.24) is 14.5 Å². The number of nitrogens with two attached hydrogens (primary N) is 1. The second-order valence-electron chi connectivity index (χ2n) is 3.59. The average Bonchev–Trinajstić information content (AvgIpc) is 2.69. The van der Waals surface area contributed by atoms with Crippen molar-refractivity contribution in [3.63, 3.8) is 0 Å². The van der Waals surface area contributed by atoms with Gasteiger partial charge in [0.15, 0.2) is 17.0 Å². The molecule has 0 bridgehead atoms. The maximum atomic E-state index is 9.10. The molecule has 0 radical (unpaired) electrons. The Labute approximate surface area is 108 Å². The first kappa shape index (κ1) is 12.1. The minimum atomic E-state index is -0.123. The molecule has 0 aliphatic rings. The summed E-state index contributed by atoms with van der Waals surface area (Å²) < 4.78 is 1.52. The number of fused-ring (bicyclic) bond motifs is 1. The summed E-state index contributed by atoms with van der Waals surface area (Å²) >= 11 is 0. The van der Waals surface area contributed by atoms with E-state index < -0.39 is 0 Å². The van der Waals surface area contributed by atoms with Crippen LogP contribution < -0.4 is 5.73 Å². The fraction of sp³-hybridized carbons (Fsp3) is 0.0833.